The molecule has 2 aliphatic heterocycles. The summed E-state index contributed by atoms with van der Waals surface area (Å²) in [5, 5.41) is 2.88. The molecule has 0 spiro atoms. The monoisotopic (exact) mass is 452 g/mol. The van der Waals surface area contributed by atoms with Gasteiger partial charge in [-0.3, -0.25) is 14.6 Å². The molecule has 0 aliphatic carbocycles. The van der Waals surface area contributed by atoms with Crippen molar-refractivity contribution < 1.29 is 17.9 Å². The molecule has 0 aromatic heterocycles. The summed E-state index contributed by atoms with van der Waals surface area (Å²) in [6.45, 7) is 11.0. The summed E-state index contributed by atoms with van der Waals surface area (Å²) in [7, 11) is -3.71. The van der Waals surface area contributed by atoms with Crippen molar-refractivity contribution in [3.8, 4) is 5.75 Å². The first-order chi connectivity index (χ1) is 14.9. The van der Waals surface area contributed by atoms with E-state index >= 15 is 0 Å². The number of rotatable bonds is 10. The second-order valence-electron chi connectivity index (χ2n) is 8.15. The maximum atomic E-state index is 13.1. The number of nitrogens with one attached hydrogen (secondary N) is 1. The highest BCUT2D eigenvalue weighted by Gasteiger charge is 2.30. The Morgan fingerprint density at radius 2 is 1.87 bits per heavy atom. The number of nitrogens with zero attached hydrogens (tertiary/aromatic N) is 3. The fraction of sp³-hybridized carbons (Fsp3) is 0.682. The van der Waals surface area contributed by atoms with Crippen molar-refractivity contribution in [3.05, 3.63) is 18.2 Å². The second-order valence-corrected chi connectivity index (χ2v) is 10.1. The topological polar surface area (TPSA) is 82.2 Å². The van der Waals surface area contributed by atoms with E-state index in [1.807, 2.05) is 6.92 Å². The van der Waals surface area contributed by atoms with Crippen molar-refractivity contribution >= 4 is 21.6 Å². The number of sulfonamides is 1. The van der Waals surface area contributed by atoms with Gasteiger partial charge in [0.25, 0.3) is 0 Å². The summed E-state index contributed by atoms with van der Waals surface area (Å²) in [5.41, 5.74) is 0.467. The van der Waals surface area contributed by atoms with Crippen LogP contribution in [0.1, 0.15) is 40.0 Å². The third-order valence-electron chi connectivity index (χ3n) is 6.12. The SMILES string of the molecule is CCOc1ccc(NC(=O)CN2CCC(N3CCCC3)C2)cc1S(=O)(=O)N(CC)CC. The number of carbonyl (C=O) groups is 1. The highest BCUT2D eigenvalue weighted by atomic mass is 32.2. The summed E-state index contributed by atoms with van der Waals surface area (Å²) in [4.78, 5) is 17.5. The van der Waals surface area contributed by atoms with E-state index in [9.17, 15) is 13.2 Å². The van der Waals surface area contributed by atoms with E-state index in [0.717, 1.165) is 19.5 Å². The molecule has 1 atom stereocenters. The molecule has 8 nitrogen and oxygen atoms in total. The Bertz CT molecular complexity index is 851. The van der Waals surface area contributed by atoms with Gasteiger partial charge in [0.05, 0.1) is 13.2 Å². The lowest BCUT2D eigenvalue weighted by Crippen LogP contribution is -2.37. The number of amides is 1. The molecule has 2 aliphatic rings. The van der Waals surface area contributed by atoms with Crippen LogP contribution in [-0.2, 0) is 14.8 Å². The Hall–Kier alpha value is -1.68. The minimum atomic E-state index is -3.71. The van der Waals surface area contributed by atoms with E-state index in [1.165, 1.54) is 36.3 Å². The van der Waals surface area contributed by atoms with Crippen molar-refractivity contribution in [2.24, 2.45) is 0 Å². The number of anilines is 1. The summed E-state index contributed by atoms with van der Waals surface area (Å²) >= 11 is 0. The van der Waals surface area contributed by atoms with Gasteiger partial charge in [-0.05, 0) is 57.5 Å². The summed E-state index contributed by atoms with van der Waals surface area (Å²) in [6, 6.07) is 5.37. The Kier molecular flexibility index (Phi) is 8.32. The standard InChI is InChI=1S/C22H36N4O4S/c1-4-26(5-2)31(28,29)21-15-18(9-10-20(21)30-6-3)23-22(27)17-24-14-11-19(16-24)25-12-7-8-13-25/h9-10,15,19H,4-8,11-14,16-17H2,1-3H3,(H,23,27). The van der Waals surface area contributed by atoms with Gasteiger partial charge in [-0.15, -0.1) is 0 Å². The van der Waals surface area contributed by atoms with Crippen LogP contribution < -0.4 is 10.1 Å². The summed E-state index contributed by atoms with van der Waals surface area (Å²) < 4.78 is 33.1. The van der Waals surface area contributed by atoms with Crippen molar-refractivity contribution in [1.82, 2.24) is 14.1 Å². The maximum Gasteiger partial charge on any atom is 0.246 e. The van der Waals surface area contributed by atoms with Crippen LogP contribution in [0, 0.1) is 0 Å². The van der Waals surface area contributed by atoms with Gasteiger partial charge in [-0.2, -0.15) is 4.31 Å². The molecular weight excluding hydrogens is 416 g/mol. The van der Waals surface area contributed by atoms with Crippen molar-refractivity contribution in [2.45, 2.75) is 51.0 Å². The van der Waals surface area contributed by atoms with E-state index in [4.69, 9.17) is 4.74 Å². The first-order valence-corrected chi connectivity index (χ1v) is 12.9. The van der Waals surface area contributed by atoms with E-state index in [0.29, 0.717) is 43.7 Å². The zero-order valence-corrected chi connectivity index (χ0v) is 19.8. The molecule has 1 amide bonds. The third kappa shape index (κ3) is 5.77. The van der Waals surface area contributed by atoms with Crippen LogP contribution >= 0.6 is 0 Å². The first kappa shape index (κ1) is 24.0. The molecule has 1 N–H and O–H groups in total. The van der Waals surface area contributed by atoms with Gasteiger partial charge in [0.15, 0.2) is 0 Å². The molecule has 2 fully saturated rings. The Balaban J connectivity index is 1.67. The molecule has 31 heavy (non-hydrogen) atoms. The van der Waals surface area contributed by atoms with E-state index in [2.05, 4.69) is 15.1 Å². The molecule has 2 saturated heterocycles. The third-order valence-corrected chi connectivity index (χ3v) is 8.19. The highest BCUT2D eigenvalue weighted by Crippen LogP contribution is 2.30. The highest BCUT2D eigenvalue weighted by molar-refractivity contribution is 7.89. The molecule has 2 heterocycles. The smallest absolute Gasteiger partial charge is 0.246 e. The fourth-order valence-electron chi connectivity index (χ4n) is 4.53. The van der Waals surface area contributed by atoms with Crippen LogP contribution in [0.2, 0.25) is 0 Å². The normalized spacial score (nSPS) is 20.5. The molecule has 1 aromatic carbocycles. The average Bonchev–Trinajstić information content (AvgIpc) is 3.42. The first-order valence-electron chi connectivity index (χ1n) is 11.4. The molecule has 3 rings (SSSR count). The van der Waals surface area contributed by atoms with Crippen LogP contribution in [0.15, 0.2) is 23.1 Å². The Morgan fingerprint density at radius 1 is 1.16 bits per heavy atom. The van der Waals surface area contributed by atoms with Gasteiger partial charge in [0.2, 0.25) is 15.9 Å². The number of hydrogen-bond donors (Lipinski definition) is 1. The average molecular weight is 453 g/mol. The second kappa shape index (κ2) is 10.8. The number of ether oxygens (including phenoxy) is 1. The van der Waals surface area contributed by atoms with Crippen molar-refractivity contribution in [1.29, 1.82) is 0 Å². The van der Waals surface area contributed by atoms with Gasteiger partial charge in [-0.25, -0.2) is 8.42 Å². The van der Waals surface area contributed by atoms with Gasteiger partial charge in [0, 0.05) is 37.9 Å². The molecular formula is C22H36N4O4S. The van der Waals surface area contributed by atoms with Crippen LogP contribution in [0.3, 0.4) is 0 Å². The van der Waals surface area contributed by atoms with Gasteiger partial charge in [-0.1, -0.05) is 13.8 Å². The van der Waals surface area contributed by atoms with E-state index in [-0.39, 0.29) is 10.8 Å². The molecule has 0 radical (unpaired) electrons. The van der Waals surface area contributed by atoms with Crippen molar-refractivity contribution in [2.75, 3.05) is 57.7 Å². The zero-order valence-electron chi connectivity index (χ0n) is 19.0. The lowest BCUT2D eigenvalue weighted by molar-refractivity contribution is -0.117. The maximum absolute atomic E-state index is 13.1. The minimum Gasteiger partial charge on any atom is -0.492 e. The largest absolute Gasteiger partial charge is 0.492 e. The lowest BCUT2D eigenvalue weighted by Gasteiger charge is -2.23. The Morgan fingerprint density at radius 3 is 2.52 bits per heavy atom. The summed E-state index contributed by atoms with van der Waals surface area (Å²) in [6.07, 6.45) is 3.64. The lowest BCUT2D eigenvalue weighted by atomic mass is 10.2. The number of likely N-dealkylation sites (tertiary alicyclic amines) is 2. The molecule has 0 saturated carbocycles. The fourth-order valence-corrected chi connectivity index (χ4v) is 6.14. The molecule has 0 bridgehead atoms. The quantitative estimate of drug-likeness (QED) is 0.586. The molecule has 1 aromatic rings. The van der Waals surface area contributed by atoms with E-state index in [1.54, 1.807) is 26.0 Å². The van der Waals surface area contributed by atoms with Crippen LogP contribution in [-0.4, -0.2) is 86.9 Å². The van der Waals surface area contributed by atoms with Gasteiger partial charge >= 0.3 is 0 Å². The zero-order chi connectivity index (χ0) is 22.4. The number of hydrogen-bond acceptors (Lipinski definition) is 6. The Labute approximate surface area is 186 Å². The number of carbonyl (C=O) groups excluding carboxylic acids is 1. The number of benzene rings is 1. The minimum absolute atomic E-state index is 0.0890. The molecule has 1 unspecified atom stereocenters. The molecule has 9 heteroatoms. The van der Waals surface area contributed by atoms with Crippen molar-refractivity contribution in [3.63, 3.8) is 0 Å². The van der Waals surface area contributed by atoms with Gasteiger partial charge in [0.1, 0.15) is 10.6 Å². The van der Waals surface area contributed by atoms with Gasteiger partial charge < -0.3 is 10.1 Å². The van der Waals surface area contributed by atoms with E-state index < -0.39 is 10.0 Å². The molecule has 174 valence electrons. The van der Waals surface area contributed by atoms with Crippen LogP contribution in [0.4, 0.5) is 5.69 Å². The predicted molar refractivity (Wildman–Crippen MR) is 122 cm³/mol. The van der Waals surface area contributed by atoms with Crippen LogP contribution in [0.5, 0.6) is 5.75 Å². The van der Waals surface area contributed by atoms with Crippen LogP contribution in [0.25, 0.3) is 0 Å². The predicted octanol–water partition coefficient (Wildman–Crippen LogP) is 2.22. The summed E-state index contributed by atoms with van der Waals surface area (Å²) in [5.74, 6) is 0.179.